The SMILES string of the molecule is Cc1cc(/C=C2\CN(C(=O)C3CCN(C)C3)C/C(=C\c3ccc(F)c(F)c3)C2=O)ccc1F. The fraction of sp³-hybridized carbons (Fsp3) is 0.308. The summed E-state index contributed by atoms with van der Waals surface area (Å²) in [5.74, 6) is -2.78. The fourth-order valence-electron chi connectivity index (χ4n) is 4.35. The Labute approximate surface area is 191 Å². The maximum atomic E-state index is 13.7. The van der Waals surface area contributed by atoms with Crippen molar-refractivity contribution < 1.29 is 22.8 Å². The number of hydrogen-bond acceptors (Lipinski definition) is 3. The number of ketones is 1. The van der Waals surface area contributed by atoms with Crippen molar-refractivity contribution in [3.63, 3.8) is 0 Å². The molecule has 4 rings (SSSR count). The van der Waals surface area contributed by atoms with Crippen LogP contribution >= 0.6 is 0 Å². The zero-order valence-corrected chi connectivity index (χ0v) is 18.6. The van der Waals surface area contributed by atoms with E-state index in [9.17, 15) is 22.8 Å². The van der Waals surface area contributed by atoms with E-state index in [0.29, 0.717) is 34.4 Å². The van der Waals surface area contributed by atoms with Crippen molar-refractivity contribution in [1.29, 1.82) is 0 Å². The van der Waals surface area contributed by atoms with Gasteiger partial charge in [0.1, 0.15) is 5.82 Å². The number of hydrogen-bond donors (Lipinski definition) is 0. The fourth-order valence-corrected chi connectivity index (χ4v) is 4.35. The molecule has 2 fully saturated rings. The van der Waals surface area contributed by atoms with Gasteiger partial charge in [-0.05, 0) is 80.0 Å². The molecule has 2 aromatic carbocycles. The quantitative estimate of drug-likeness (QED) is 0.652. The Morgan fingerprint density at radius 3 is 2.09 bits per heavy atom. The molecular weight excluding hydrogens is 429 g/mol. The number of piperidine rings is 1. The van der Waals surface area contributed by atoms with E-state index in [-0.39, 0.29) is 36.5 Å². The Bertz CT molecular complexity index is 1100. The first-order chi connectivity index (χ1) is 15.7. The molecule has 1 atom stereocenters. The number of Topliss-reactive ketones (excluding diaryl/α,β-unsaturated/α-hetero) is 1. The summed E-state index contributed by atoms with van der Waals surface area (Å²) in [7, 11) is 1.96. The van der Waals surface area contributed by atoms with Crippen LogP contribution in [0.25, 0.3) is 12.2 Å². The molecule has 0 bridgehead atoms. The normalized spacial score (nSPS) is 21.9. The smallest absolute Gasteiger partial charge is 0.227 e. The van der Waals surface area contributed by atoms with Crippen LogP contribution in [0.15, 0.2) is 47.5 Å². The van der Waals surface area contributed by atoms with E-state index in [1.54, 1.807) is 30.0 Å². The molecule has 2 heterocycles. The molecule has 0 spiro atoms. The van der Waals surface area contributed by atoms with E-state index >= 15 is 0 Å². The van der Waals surface area contributed by atoms with Crippen molar-refractivity contribution >= 4 is 23.8 Å². The third-order valence-corrected chi connectivity index (χ3v) is 6.17. The van der Waals surface area contributed by atoms with Gasteiger partial charge < -0.3 is 9.80 Å². The van der Waals surface area contributed by atoms with Gasteiger partial charge in [0.15, 0.2) is 17.4 Å². The Morgan fingerprint density at radius 2 is 1.55 bits per heavy atom. The topological polar surface area (TPSA) is 40.6 Å². The molecule has 1 unspecified atom stereocenters. The molecule has 4 nitrogen and oxygen atoms in total. The summed E-state index contributed by atoms with van der Waals surface area (Å²) in [6.45, 7) is 3.36. The van der Waals surface area contributed by atoms with E-state index in [1.807, 2.05) is 7.05 Å². The number of likely N-dealkylation sites (tertiary alicyclic amines) is 2. The van der Waals surface area contributed by atoms with Crippen molar-refractivity contribution in [2.45, 2.75) is 13.3 Å². The lowest BCUT2D eigenvalue weighted by molar-refractivity contribution is -0.135. The van der Waals surface area contributed by atoms with Gasteiger partial charge in [0.25, 0.3) is 0 Å². The molecule has 2 saturated heterocycles. The van der Waals surface area contributed by atoms with Crippen LogP contribution in [0.1, 0.15) is 23.1 Å². The van der Waals surface area contributed by atoms with E-state index in [4.69, 9.17) is 0 Å². The maximum Gasteiger partial charge on any atom is 0.227 e. The number of rotatable bonds is 3. The number of benzene rings is 2. The van der Waals surface area contributed by atoms with Crippen molar-refractivity contribution in [2.75, 3.05) is 33.2 Å². The lowest BCUT2D eigenvalue weighted by atomic mass is 9.92. The minimum absolute atomic E-state index is 0.0378. The zero-order chi connectivity index (χ0) is 23.7. The number of amides is 1. The first-order valence-corrected chi connectivity index (χ1v) is 10.9. The van der Waals surface area contributed by atoms with Gasteiger partial charge in [-0.3, -0.25) is 9.59 Å². The average molecular weight is 454 g/mol. The number of carbonyl (C=O) groups is 2. The molecule has 0 aromatic heterocycles. The number of nitrogens with zero attached hydrogens (tertiary/aromatic N) is 2. The Morgan fingerprint density at radius 1 is 0.939 bits per heavy atom. The van der Waals surface area contributed by atoms with Crippen LogP contribution < -0.4 is 0 Å². The minimum atomic E-state index is -1.01. The Balaban J connectivity index is 1.70. The van der Waals surface area contributed by atoms with Crippen molar-refractivity contribution in [2.24, 2.45) is 5.92 Å². The van der Waals surface area contributed by atoms with Gasteiger partial charge in [-0.2, -0.15) is 0 Å². The van der Waals surface area contributed by atoms with Crippen molar-refractivity contribution in [3.05, 3.63) is 81.7 Å². The van der Waals surface area contributed by atoms with Gasteiger partial charge in [0.05, 0.1) is 5.92 Å². The highest BCUT2D eigenvalue weighted by Crippen LogP contribution is 2.26. The van der Waals surface area contributed by atoms with E-state index in [2.05, 4.69) is 4.90 Å². The van der Waals surface area contributed by atoms with E-state index < -0.39 is 11.6 Å². The van der Waals surface area contributed by atoms with Gasteiger partial charge in [0, 0.05) is 30.8 Å². The molecule has 2 aliphatic heterocycles. The summed E-state index contributed by atoms with van der Waals surface area (Å²) in [6.07, 6.45) is 3.90. The van der Waals surface area contributed by atoms with E-state index in [1.165, 1.54) is 18.2 Å². The molecule has 0 radical (unpaired) electrons. The lowest BCUT2D eigenvalue weighted by Gasteiger charge is -2.32. The molecule has 7 heteroatoms. The van der Waals surface area contributed by atoms with Crippen LogP contribution in [-0.4, -0.2) is 54.7 Å². The molecule has 1 amide bonds. The molecule has 2 aliphatic rings. The standard InChI is InChI=1S/C26H25F3N2O2/c1-16-9-17(3-5-22(16)27)10-20-14-31(26(33)19-7-8-30(2)13-19)15-21(25(20)32)11-18-4-6-23(28)24(29)12-18/h3-6,9-12,19H,7-8,13-15H2,1-2H3/b20-10+,21-11+. The summed E-state index contributed by atoms with van der Waals surface area (Å²) in [5.41, 5.74) is 2.15. The monoisotopic (exact) mass is 454 g/mol. The average Bonchev–Trinajstić information content (AvgIpc) is 3.21. The number of carbonyl (C=O) groups excluding carboxylic acids is 2. The molecule has 0 saturated carbocycles. The second-order valence-electron chi connectivity index (χ2n) is 8.79. The maximum absolute atomic E-state index is 13.7. The van der Waals surface area contributed by atoms with Gasteiger partial charge in [-0.1, -0.05) is 12.1 Å². The van der Waals surface area contributed by atoms with E-state index in [0.717, 1.165) is 25.1 Å². The van der Waals surface area contributed by atoms with Gasteiger partial charge in [0.2, 0.25) is 5.91 Å². The second kappa shape index (κ2) is 9.35. The lowest BCUT2D eigenvalue weighted by Crippen LogP contribution is -2.44. The molecule has 0 aliphatic carbocycles. The van der Waals surface area contributed by atoms with Crippen molar-refractivity contribution in [3.8, 4) is 0 Å². The molecule has 172 valence electrons. The van der Waals surface area contributed by atoms with Gasteiger partial charge in [-0.15, -0.1) is 0 Å². The van der Waals surface area contributed by atoms with Gasteiger partial charge >= 0.3 is 0 Å². The third kappa shape index (κ3) is 5.09. The van der Waals surface area contributed by atoms with Crippen LogP contribution in [0.3, 0.4) is 0 Å². The molecule has 2 aromatic rings. The zero-order valence-electron chi connectivity index (χ0n) is 18.6. The summed E-state index contributed by atoms with van der Waals surface area (Å²) >= 11 is 0. The van der Waals surface area contributed by atoms with Crippen LogP contribution in [0.2, 0.25) is 0 Å². The van der Waals surface area contributed by atoms with Crippen LogP contribution in [0, 0.1) is 30.3 Å². The Kier molecular flexibility index (Phi) is 6.51. The predicted molar refractivity (Wildman–Crippen MR) is 121 cm³/mol. The highest BCUT2D eigenvalue weighted by atomic mass is 19.2. The Hall–Kier alpha value is -3.19. The third-order valence-electron chi connectivity index (χ3n) is 6.17. The van der Waals surface area contributed by atoms with Crippen LogP contribution in [-0.2, 0) is 9.59 Å². The first-order valence-electron chi connectivity index (χ1n) is 10.9. The van der Waals surface area contributed by atoms with Crippen LogP contribution in [0.5, 0.6) is 0 Å². The second-order valence-corrected chi connectivity index (χ2v) is 8.79. The number of aryl methyl sites for hydroxylation is 1. The molecule has 33 heavy (non-hydrogen) atoms. The largest absolute Gasteiger partial charge is 0.333 e. The first kappa shape index (κ1) is 23.0. The van der Waals surface area contributed by atoms with Crippen molar-refractivity contribution in [1.82, 2.24) is 9.80 Å². The highest BCUT2D eigenvalue weighted by molar-refractivity contribution is 6.15. The summed E-state index contributed by atoms with van der Waals surface area (Å²) in [5, 5.41) is 0. The minimum Gasteiger partial charge on any atom is -0.333 e. The summed E-state index contributed by atoms with van der Waals surface area (Å²) < 4.78 is 40.7. The van der Waals surface area contributed by atoms with Gasteiger partial charge in [-0.25, -0.2) is 13.2 Å². The summed E-state index contributed by atoms with van der Waals surface area (Å²) in [4.78, 5) is 30.2. The number of halogens is 3. The molecule has 0 N–H and O–H groups in total. The molecular formula is C26H25F3N2O2. The highest BCUT2D eigenvalue weighted by Gasteiger charge is 2.35. The summed E-state index contributed by atoms with van der Waals surface area (Å²) in [6, 6.07) is 7.97. The predicted octanol–water partition coefficient (Wildman–Crippen LogP) is 4.24. The van der Waals surface area contributed by atoms with Crippen LogP contribution in [0.4, 0.5) is 13.2 Å².